The van der Waals surface area contributed by atoms with Crippen LogP contribution in [0.4, 0.5) is 5.69 Å². The summed E-state index contributed by atoms with van der Waals surface area (Å²) in [5, 5.41) is 3.42. The van der Waals surface area contributed by atoms with Crippen molar-refractivity contribution in [2.24, 2.45) is 0 Å². The van der Waals surface area contributed by atoms with Gasteiger partial charge in [-0.15, -0.1) is 0 Å². The summed E-state index contributed by atoms with van der Waals surface area (Å²) in [7, 11) is -3.14. The highest BCUT2D eigenvalue weighted by Gasteiger charge is 2.08. The lowest BCUT2D eigenvalue weighted by Gasteiger charge is -2.08. The minimum absolute atomic E-state index is 0.0414. The maximum Gasteiger partial charge on any atom is 0.225 e. The largest absolute Gasteiger partial charge is 0.326 e. The van der Waals surface area contributed by atoms with Gasteiger partial charge in [0.05, 0.1) is 5.75 Å². The van der Waals surface area contributed by atoms with Gasteiger partial charge in [-0.05, 0) is 41.8 Å². The third kappa shape index (κ3) is 6.42. The summed E-state index contributed by atoms with van der Waals surface area (Å²) < 4.78 is 22.2. The normalized spacial score (nSPS) is 11.2. The minimum Gasteiger partial charge on any atom is -0.326 e. The lowest BCUT2D eigenvalue weighted by atomic mass is 10.0. The van der Waals surface area contributed by atoms with E-state index in [1.807, 2.05) is 42.5 Å². The van der Waals surface area contributed by atoms with Crippen LogP contribution in [0.1, 0.15) is 17.5 Å². The van der Waals surface area contributed by atoms with Crippen LogP contribution in [0.25, 0.3) is 0 Å². The fourth-order valence-corrected chi connectivity index (χ4v) is 2.78. The molecular formula is C17H18ClNO3S. The zero-order valence-electron chi connectivity index (χ0n) is 12.8. The Morgan fingerprint density at radius 3 is 2.43 bits per heavy atom. The van der Waals surface area contributed by atoms with E-state index in [0.29, 0.717) is 10.7 Å². The Bertz CT molecular complexity index is 786. The van der Waals surface area contributed by atoms with Crippen molar-refractivity contribution in [2.45, 2.75) is 12.8 Å². The van der Waals surface area contributed by atoms with Crippen LogP contribution in [0.5, 0.6) is 0 Å². The topological polar surface area (TPSA) is 63.2 Å². The highest BCUT2D eigenvalue weighted by molar-refractivity contribution is 7.90. The molecule has 0 saturated heterocycles. The van der Waals surface area contributed by atoms with Crippen molar-refractivity contribution in [3.05, 3.63) is 64.7 Å². The lowest BCUT2D eigenvalue weighted by molar-refractivity contribution is -0.115. The zero-order valence-corrected chi connectivity index (χ0v) is 14.3. The molecule has 0 bridgehead atoms. The van der Waals surface area contributed by atoms with Gasteiger partial charge in [0, 0.05) is 23.4 Å². The Hall–Kier alpha value is -1.85. The number of hydrogen-bond donors (Lipinski definition) is 1. The number of carbonyl (C=O) groups excluding carboxylic acids is 1. The zero-order chi connectivity index (χ0) is 16.9. The second-order valence-electron chi connectivity index (χ2n) is 5.43. The van der Waals surface area contributed by atoms with Crippen LogP contribution in [0.2, 0.25) is 5.02 Å². The number of halogens is 1. The maximum atomic E-state index is 11.8. The van der Waals surface area contributed by atoms with Crippen LogP contribution < -0.4 is 5.32 Å². The molecule has 0 aliphatic heterocycles. The first-order valence-electron chi connectivity index (χ1n) is 7.13. The van der Waals surface area contributed by atoms with Crippen LogP contribution in [0.15, 0.2) is 48.5 Å². The first-order chi connectivity index (χ1) is 10.8. The van der Waals surface area contributed by atoms with Gasteiger partial charge in [-0.2, -0.15) is 0 Å². The Kier molecular flexibility index (Phi) is 5.80. The van der Waals surface area contributed by atoms with Gasteiger partial charge in [-0.1, -0.05) is 35.9 Å². The summed E-state index contributed by atoms with van der Waals surface area (Å²) in [5.41, 5.74) is 2.83. The molecule has 0 atom stereocenters. The number of benzene rings is 2. The molecule has 0 fully saturated rings. The summed E-state index contributed by atoms with van der Waals surface area (Å²) in [6.07, 6.45) is 1.80. The number of sulfone groups is 1. The highest BCUT2D eigenvalue weighted by atomic mass is 35.5. The summed E-state index contributed by atoms with van der Waals surface area (Å²) in [4.78, 5) is 11.8. The van der Waals surface area contributed by atoms with Crippen molar-refractivity contribution >= 4 is 33.0 Å². The van der Waals surface area contributed by atoms with Crippen molar-refractivity contribution in [1.29, 1.82) is 0 Å². The molecule has 0 heterocycles. The molecular weight excluding hydrogens is 334 g/mol. The van der Waals surface area contributed by atoms with E-state index in [1.165, 1.54) is 0 Å². The predicted octanol–water partition coefficient (Wildman–Crippen LogP) is 3.30. The van der Waals surface area contributed by atoms with Gasteiger partial charge in [0.2, 0.25) is 5.91 Å². The molecule has 0 aliphatic carbocycles. The molecule has 122 valence electrons. The summed E-state index contributed by atoms with van der Waals surface area (Å²) in [5.74, 6) is -0.456. The summed E-state index contributed by atoms with van der Waals surface area (Å²) in [6, 6.07) is 15.1. The minimum atomic E-state index is -3.14. The van der Waals surface area contributed by atoms with Gasteiger partial charge < -0.3 is 5.32 Å². The van der Waals surface area contributed by atoms with Gasteiger partial charge in [-0.3, -0.25) is 4.79 Å². The molecule has 2 aromatic rings. The van der Waals surface area contributed by atoms with E-state index < -0.39 is 9.84 Å². The third-order valence-electron chi connectivity index (χ3n) is 3.23. The molecule has 1 amide bonds. The van der Waals surface area contributed by atoms with E-state index in [2.05, 4.69) is 5.32 Å². The summed E-state index contributed by atoms with van der Waals surface area (Å²) >= 11 is 5.87. The average molecular weight is 352 g/mol. The fraction of sp³-hybridized carbons (Fsp3) is 0.235. The van der Waals surface area contributed by atoms with Crippen LogP contribution in [-0.2, 0) is 21.1 Å². The van der Waals surface area contributed by atoms with Gasteiger partial charge >= 0.3 is 0 Å². The van der Waals surface area contributed by atoms with Gasteiger partial charge in [0.15, 0.2) is 0 Å². The molecule has 23 heavy (non-hydrogen) atoms. The van der Waals surface area contributed by atoms with Crippen LogP contribution in [0.3, 0.4) is 0 Å². The van der Waals surface area contributed by atoms with E-state index in [9.17, 15) is 13.2 Å². The van der Waals surface area contributed by atoms with Crippen LogP contribution in [-0.4, -0.2) is 26.3 Å². The van der Waals surface area contributed by atoms with E-state index in [0.717, 1.165) is 23.8 Å². The molecule has 4 nitrogen and oxygen atoms in total. The predicted molar refractivity (Wildman–Crippen MR) is 93.7 cm³/mol. The Morgan fingerprint density at radius 2 is 1.78 bits per heavy atom. The standard InChI is InChI=1S/C17H18ClNO3S/c1-23(21,22)10-9-17(20)19-16-4-2-3-14(12-16)11-13-5-7-15(18)8-6-13/h2-8,12H,9-11H2,1H3,(H,19,20). The Morgan fingerprint density at radius 1 is 1.09 bits per heavy atom. The van der Waals surface area contributed by atoms with E-state index in [-0.39, 0.29) is 18.1 Å². The second kappa shape index (κ2) is 7.62. The molecule has 1 N–H and O–H groups in total. The van der Waals surface area contributed by atoms with Gasteiger partial charge in [0.25, 0.3) is 0 Å². The van der Waals surface area contributed by atoms with Crippen molar-refractivity contribution < 1.29 is 13.2 Å². The molecule has 0 radical (unpaired) electrons. The highest BCUT2D eigenvalue weighted by Crippen LogP contribution is 2.17. The molecule has 0 spiro atoms. The van der Waals surface area contributed by atoms with E-state index in [1.54, 1.807) is 6.07 Å². The number of nitrogens with one attached hydrogen (secondary N) is 1. The molecule has 2 rings (SSSR count). The SMILES string of the molecule is CS(=O)(=O)CCC(=O)Nc1cccc(Cc2ccc(Cl)cc2)c1. The molecule has 0 saturated carbocycles. The average Bonchev–Trinajstić information content (AvgIpc) is 2.47. The smallest absolute Gasteiger partial charge is 0.225 e. The number of anilines is 1. The monoisotopic (exact) mass is 351 g/mol. The Balaban J connectivity index is 1.99. The van der Waals surface area contributed by atoms with Gasteiger partial charge in [-0.25, -0.2) is 8.42 Å². The fourth-order valence-electron chi connectivity index (χ4n) is 2.10. The number of amides is 1. The van der Waals surface area contributed by atoms with E-state index in [4.69, 9.17) is 11.6 Å². The first-order valence-corrected chi connectivity index (χ1v) is 9.57. The molecule has 2 aromatic carbocycles. The Labute approximate surface area is 141 Å². The van der Waals surface area contributed by atoms with Crippen LogP contribution >= 0.6 is 11.6 Å². The quantitative estimate of drug-likeness (QED) is 0.868. The molecule has 0 aliphatic rings. The molecule has 0 unspecified atom stereocenters. The van der Waals surface area contributed by atoms with Crippen molar-refractivity contribution in [1.82, 2.24) is 0 Å². The molecule has 0 aromatic heterocycles. The van der Waals surface area contributed by atoms with E-state index >= 15 is 0 Å². The molecule has 6 heteroatoms. The maximum absolute atomic E-state index is 11.8. The second-order valence-corrected chi connectivity index (χ2v) is 8.13. The third-order valence-corrected chi connectivity index (χ3v) is 4.43. The van der Waals surface area contributed by atoms with Gasteiger partial charge in [0.1, 0.15) is 9.84 Å². The number of rotatable bonds is 6. The number of carbonyl (C=O) groups is 1. The van der Waals surface area contributed by atoms with Crippen molar-refractivity contribution in [3.8, 4) is 0 Å². The summed E-state index contributed by atoms with van der Waals surface area (Å²) in [6.45, 7) is 0. The van der Waals surface area contributed by atoms with Crippen molar-refractivity contribution in [2.75, 3.05) is 17.3 Å². The number of hydrogen-bond acceptors (Lipinski definition) is 3. The van der Waals surface area contributed by atoms with Crippen LogP contribution in [0, 0.1) is 0 Å². The first kappa shape index (κ1) is 17.5. The lowest BCUT2D eigenvalue weighted by Crippen LogP contribution is -2.16. The van der Waals surface area contributed by atoms with Crippen molar-refractivity contribution in [3.63, 3.8) is 0 Å².